The predicted octanol–water partition coefficient (Wildman–Crippen LogP) is 6.15. The third kappa shape index (κ3) is 5.43. The summed E-state index contributed by atoms with van der Waals surface area (Å²) >= 11 is 3.36. The van der Waals surface area contributed by atoms with Gasteiger partial charge in [0, 0.05) is 28.0 Å². The van der Waals surface area contributed by atoms with Gasteiger partial charge in [0.05, 0.1) is 12.2 Å². The molecule has 1 unspecified atom stereocenters. The van der Waals surface area contributed by atoms with Crippen molar-refractivity contribution in [1.82, 2.24) is 10.2 Å². The average molecular weight is 595 g/mol. The first kappa shape index (κ1) is 27.7. The molecule has 1 saturated heterocycles. The number of urea groups is 1. The number of hydrogen-bond donors (Lipinski definition) is 1. The molecule has 2 aromatic carbocycles. The van der Waals surface area contributed by atoms with Gasteiger partial charge in [-0.25, -0.2) is 9.59 Å². The van der Waals surface area contributed by atoms with Gasteiger partial charge in [0.15, 0.2) is 0 Å². The smallest absolute Gasteiger partial charge is 0.417 e. The molecule has 1 fully saturated rings. The number of aryl methyl sites for hydroxylation is 1. The first-order valence-corrected chi connectivity index (χ1v) is 12.9. The van der Waals surface area contributed by atoms with E-state index in [0.717, 1.165) is 4.47 Å². The van der Waals surface area contributed by atoms with Crippen LogP contribution in [0.1, 0.15) is 49.8 Å². The van der Waals surface area contributed by atoms with Crippen LogP contribution in [0.4, 0.5) is 18.0 Å². The van der Waals surface area contributed by atoms with Gasteiger partial charge in [-0.1, -0.05) is 41.4 Å². The first-order chi connectivity index (χ1) is 18.0. The minimum atomic E-state index is -4.70. The summed E-state index contributed by atoms with van der Waals surface area (Å²) in [5.41, 5.74) is -2.35. The number of halogens is 4. The van der Waals surface area contributed by atoms with Crippen LogP contribution in [0, 0.1) is 0 Å². The molecule has 4 rings (SSSR count). The van der Waals surface area contributed by atoms with Crippen LogP contribution in [-0.4, -0.2) is 30.0 Å². The SMILES string of the molecule is CCCc1c(OCCCCN2C(=O)NC(C)(c3ccc(Br)cc3)C2=O)ccc2c(C(F)(F)F)cc(=O)oc12. The Morgan fingerprint density at radius 3 is 2.45 bits per heavy atom. The van der Waals surface area contributed by atoms with Crippen molar-refractivity contribution in [3.8, 4) is 5.75 Å². The Kier molecular flexibility index (Phi) is 7.87. The number of hydrogen-bond acceptors (Lipinski definition) is 5. The lowest BCUT2D eigenvalue weighted by Gasteiger charge is -2.22. The summed E-state index contributed by atoms with van der Waals surface area (Å²) in [4.78, 5) is 38.6. The van der Waals surface area contributed by atoms with E-state index in [2.05, 4.69) is 21.2 Å². The molecule has 11 heteroatoms. The molecule has 0 radical (unpaired) electrons. The molecule has 1 atom stereocenters. The molecule has 0 saturated carbocycles. The van der Waals surface area contributed by atoms with Crippen LogP contribution in [0.25, 0.3) is 11.0 Å². The van der Waals surface area contributed by atoms with Crippen LogP contribution in [0.3, 0.4) is 0 Å². The molecule has 0 aliphatic carbocycles. The first-order valence-electron chi connectivity index (χ1n) is 12.2. The molecule has 1 aromatic heterocycles. The minimum Gasteiger partial charge on any atom is -0.493 e. The Bertz CT molecular complexity index is 1420. The summed E-state index contributed by atoms with van der Waals surface area (Å²) in [5, 5.41) is 2.57. The van der Waals surface area contributed by atoms with Crippen molar-refractivity contribution in [2.24, 2.45) is 0 Å². The van der Waals surface area contributed by atoms with Gasteiger partial charge in [0.25, 0.3) is 5.91 Å². The van der Waals surface area contributed by atoms with Crippen molar-refractivity contribution in [2.75, 3.05) is 13.2 Å². The van der Waals surface area contributed by atoms with Crippen LogP contribution in [0.5, 0.6) is 5.75 Å². The van der Waals surface area contributed by atoms with E-state index in [4.69, 9.17) is 9.15 Å². The van der Waals surface area contributed by atoms with Gasteiger partial charge in [-0.3, -0.25) is 9.69 Å². The van der Waals surface area contributed by atoms with Crippen LogP contribution in [0.15, 0.2) is 56.1 Å². The summed E-state index contributed by atoms with van der Waals surface area (Å²) in [6, 6.07) is 9.82. The fourth-order valence-electron chi connectivity index (χ4n) is 4.55. The zero-order valence-electron chi connectivity index (χ0n) is 20.8. The molecule has 2 heterocycles. The fourth-order valence-corrected chi connectivity index (χ4v) is 4.82. The van der Waals surface area contributed by atoms with Gasteiger partial charge in [-0.15, -0.1) is 0 Å². The zero-order valence-corrected chi connectivity index (χ0v) is 22.4. The van der Waals surface area contributed by atoms with Crippen LogP contribution in [-0.2, 0) is 22.9 Å². The number of carbonyl (C=O) groups is 2. The summed E-state index contributed by atoms with van der Waals surface area (Å²) in [5.74, 6) is -0.0133. The molecule has 7 nitrogen and oxygen atoms in total. The summed E-state index contributed by atoms with van der Waals surface area (Å²) in [7, 11) is 0. The lowest BCUT2D eigenvalue weighted by Crippen LogP contribution is -2.41. The number of ether oxygens (including phenoxy) is 1. The molecule has 0 bridgehead atoms. The number of alkyl halides is 3. The van der Waals surface area contributed by atoms with Crippen LogP contribution >= 0.6 is 15.9 Å². The monoisotopic (exact) mass is 594 g/mol. The molecule has 3 amide bonds. The van der Waals surface area contributed by atoms with Gasteiger partial charge in [-0.2, -0.15) is 13.2 Å². The Labute approximate surface area is 225 Å². The lowest BCUT2D eigenvalue weighted by atomic mass is 9.92. The Morgan fingerprint density at radius 2 is 1.79 bits per heavy atom. The average Bonchev–Trinajstić information content (AvgIpc) is 3.08. The second-order valence-electron chi connectivity index (χ2n) is 9.22. The molecule has 1 aliphatic heterocycles. The fraction of sp³-hybridized carbons (Fsp3) is 0.370. The van der Waals surface area contributed by atoms with E-state index in [9.17, 15) is 27.6 Å². The van der Waals surface area contributed by atoms with E-state index in [1.165, 1.54) is 17.0 Å². The van der Waals surface area contributed by atoms with E-state index in [0.29, 0.717) is 48.6 Å². The number of amides is 3. The molecule has 1 N–H and O–H groups in total. The highest BCUT2D eigenvalue weighted by molar-refractivity contribution is 9.10. The van der Waals surface area contributed by atoms with Crippen LogP contribution < -0.4 is 15.7 Å². The largest absolute Gasteiger partial charge is 0.493 e. The van der Waals surface area contributed by atoms with Crippen molar-refractivity contribution in [1.29, 1.82) is 0 Å². The van der Waals surface area contributed by atoms with Gasteiger partial charge >= 0.3 is 17.8 Å². The van der Waals surface area contributed by atoms with Crippen molar-refractivity contribution in [3.05, 3.63) is 74.0 Å². The van der Waals surface area contributed by atoms with Crippen LogP contribution in [0.2, 0.25) is 0 Å². The second kappa shape index (κ2) is 10.8. The summed E-state index contributed by atoms with van der Waals surface area (Å²) in [6.45, 7) is 3.90. The molecular formula is C27H26BrF3N2O5. The van der Waals surface area contributed by atoms with Crippen molar-refractivity contribution in [2.45, 2.75) is 51.2 Å². The normalized spacial score (nSPS) is 17.8. The highest BCUT2D eigenvalue weighted by Crippen LogP contribution is 2.37. The molecule has 1 aliphatic rings. The Morgan fingerprint density at radius 1 is 1.08 bits per heavy atom. The van der Waals surface area contributed by atoms with Gasteiger partial charge < -0.3 is 14.5 Å². The van der Waals surface area contributed by atoms with E-state index >= 15 is 0 Å². The number of imide groups is 1. The number of nitrogens with one attached hydrogen (secondary N) is 1. The van der Waals surface area contributed by atoms with E-state index in [1.807, 2.05) is 6.92 Å². The van der Waals surface area contributed by atoms with Gasteiger partial charge in [0.1, 0.15) is 16.9 Å². The van der Waals surface area contributed by atoms with Crippen molar-refractivity contribution >= 4 is 38.8 Å². The number of nitrogens with zero attached hydrogens (tertiary/aromatic N) is 1. The number of unbranched alkanes of at least 4 members (excludes halogenated alkanes) is 1. The molecular weight excluding hydrogens is 569 g/mol. The second-order valence-corrected chi connectivity index (χ2v) is 10.1. The van der Waals surface area contributed by atoms with E-state index in [1.54, 1.807) is 31.2 Å². The number of carbonyl (C=O) groups excluding carboxylic acids is 2. The number of benzene rings is 2. The topological polar surface area (TPSA) is 88.9 Å². The van der Waals surface area contributed by atoms with Gasteiger partial charge in [-0.05, 0) is 56.0 Å². The van der Waals surface area contributed by atoms with E-state index < -0.39 is 28.9 Å². The predicted molar refractivity (Wildman–Crippen MR) is 138 cm³/mol. The summed E-state index contributed by atoms with van der Waals surface area (Å²) < 4.78 is 52.3. The van der Waals surface area contributed by atoms with Gasteiger partial charge in [0.2, 0.25) is 0 Å². The maximum absolute atomic E-state index is 13.5. The number of fused-ring (bicyclic) bond motifs is 1. The molecule has 3 aromatic rings. The van der Waals surface area contributed by atoms with E-state index in [-0.39, 0.29) is 30.0 Å². The summed E-state index contributed by atoms with van der Waals surface area (Å²) in [6.07, 6.45) is -2.82. The number of rotatable bonds is 9. The highest BCUT2D eigenvalue weighted by Gasteiger charge is 2.48. The molecule has 202 valence electrons. The minimum absolute atomic E-state index is 0.129. The zero-order chi connectivity index (χ0) is 27.7. The van der Waals surface area contributed by atoms with Crippen molar-refractivity contribution in [3.63, 3.8) is 0 Å². The highest BCUT2D eigenvalue weighted by atomic mass is 79.9. The standard InChI is InChI=1S/C27H26BrF3N2O5/c1-3-6-19-21(12-11-18-20(27(29,30)31)15-22(34)38-23(18)19)37-14-5-4-13-33-24(35)26(2,32-25(33)36)16-7-9-17(28)10-8-16/h7-12,15H,3-6,13-14H2,1-2H3,(H,32,36). The molecule has 38 heavy (non-hydrogen) atoms. The molecule has 0 spiro atoms. The Balaban J connectivity index is 1.42. The van der Waals surface area contributed by atoms with Crippen molar-refractivity contribution < 1.29 is 31.9 Å². The lowest BCUT2D eigenvalue weighted by molar-refractivity contribution is -0.136. The third-order valence-electron chi connectivity index (χ3n) is 6.51. The Hall–Kier alpha value is -3.34. The third-order valence-corrected chi connectivity index (χ3v) is 7.04. The quantitative estimate of drug-likeness (QED) is 0.182. The maximum atomic E-state index is 13.5. The maximum Gasteiger partial charge on any atom is 0.417 e.